The zero-order valence-electron chi connectivity index (χ0n) is 10.8. The Bertz CT molecular complexity index is 398. The molecule has 1 N–H and O–H groups in total. The number of halogens is 2. The summed E-state index contributed by atoms with van der Waals surface area (Å²) in [6, 6.07) is 6.16. The third-order valence-electron chi connectivity index (χ3n) is 3.21. The van der Waals surface area contributed by atoms with Crippen molar-refractivity contribution in [2.75, 3.05) is 44.3 Å². The van der Waals surface area contributed by atoms with Crippen LogP contribution in [0.15, 0.2) is 18.2 Å². The molecule has 2 heterocycles. The minimum Gasteiger partial charge on any atom is -0.489 e. The quantitative estimate of drug-likeness (QED) is 0.861. The van der Waals surface area contributed by atoms with E-state index in [9.17, 15) is 0 Å². The maximum Gasteiger partial charge on any atom is 0.184 e. The standard InChI is InChI=1S/C13H18N2O2.2ClH/c1-3-11(15-7-5-14-6-8-15)13-12(4-1)16-9-2-10-17-13;;/h1,3-4,14H,2,5-10H2;2*1H. The maximum absolute atomic E-state index is 5.85. The van der Waals surface area contributed by atoms with E-state index in [-0.39, 0.29) is 24.8 Å². The lowest BCUT2D eigenvalue weighted by molar-refractivity contribution is 0.297. The van der Waals surface area contributed by atoms with E-state index in [0.29, 0.717) is 0 Å². The van der Waals surface area contributed by atoms with E-state index < -0.39 is 0 Å². The average Bonchev–Trinajstić information content (AvgIpc) is 2.64. The number of hydrogen-bond acceptors (Lipinski definition) is 4. The van der Waals surface area contributed by atoms with Gasteiger partial charge in [0.05, 0.1) is 18.9 Å². The molecule has 19 heavy (non-hydrogen) atoms. The SMILES string of the molecule is Cl.Cl.c1cc2c(c(N3CCNCC3)c1)OCCCO2. The Morgan fingerprint density at radius 3 is 2.53 bits per heavy atom. The van der Waals surface area contributed by atoms with E-state index in [4.69, 9.17) is 9.47 Å². The van der Waals surface area contributed by atoms with Gasteiger partial charge in [-0.1, -0.05) is 6.07 Å². The molecular formula is C13H20Cl2N2O2. The van der Waals surface area contributed by atoms with Gasteiger partial charge in [-0.25, -0.2) is 0 Å². The van der Waals surface area contributed by atoms with E-state index in [1.807, 2.05) is 12.1 Å². The summed E-state index contributed by atoms with van der Waals surface area (Å²) < 4.78 is 11.6. The highest BCUT2D eigenvalue weighted by atomic mass is 35.5. The Labute approximate surface area is 126 Å². The summed E-state index contributed by atoms with van der Waals surface area (Å²) in [6.45, 7) is 5.61. The Hall–Kier alpha value is -0.840. The molecule has 1 saturated heterocycles. The molecule has 2 aliphatic rings. The smallest absolute Gasteiger partial charge is 0.184 e. The lowest BCUT2D eigenvalue weighted by Crippen LogP contribution is -2.43. The molecule has 3 rings (SSSR count). The predicted molar refractivity (Wildman–Crippen MR) is 81.6 cm³/mol. The van der Waals surface area contributed by atoms with Crippen molar-refractivity contribution in [1.29, 1.82) is 0 Å². The Kier molecular flexibility index (Phi) is 6.55. The van der Waals surface area contributed by atoms with Crippen LogP contribution in [0.1, 0.15) is 6.42 Å². The molecule has 0 saturated carbocycles. The monoisotopic (exact) mass is 306 g/mol. The summed E-state index contributed by atoms with van der Waals surface area (Å²) in [5.41, 5.74) is 1.17. The molecule has 0 aromatic heterocycles. The molecular weight excluding hydrogens is 287 g/mol. The van der Waals surface area contributed by atoms with Gasteiger partial charge in [0.15, 0.2) is 11.5 Å². The topological polar surface area (TPSA) is 33.7 Å². The first kappa shape index (κ1) is 16.2. The molecule has 1 aromatic rings. The summed E-state index contributed by atoms with van der Waals surface area (Å²) in [6.07, 6.45) is 0.954. The first-order valence-corrected chi connectivity index (χ1v) is 6.29. The van der Waals surface area contributed by atoms with Crippen LogP contribution in [-0.4, -0.2) is 39.4 Å². The van der Waals surface area contributed by atoms with Crippen molar-refractivity contribution >= 4 is 30.5 Å². The first-order chi connectivity index (χ1) is 8.45. The molecule has 0 bridgehead atoms. The van der Waals surface area contributed by atoms with Gasteiger partial charge in [0.2, 0.25) is 0 Å². The molecule has 0 atom stereocenters. The van der Waals surface area contributed by atoms with Gasteiger partial charge in [-0.2, -0.15) is 0 Å². The highest BCUT2D eigenvalue weighted by Crippen LogP contribution is 2.39. The second kappa shape index (κ2) is 7.68. The minimum atomic E-state index is 0. The minimum absolute atomic E-state index is 0. The van der Waals surface area contributed by atoms with Crippen LogP contribution in [0, 0.1) is 0 Å². The lowest BCUT2D eigenvalue weighted by Gasteiger charge is -2.30. The molecule has 0 spiro atoms. The lowest BCUT2D eigenvalue weighted by atomic mass is 10.2. The van der Waals surface area contributed by atoms with Crippen LogP contribution in [0.3, 0.4) is 0 Å². The van der Waals surface area contributed by atoms with E-state index in [0.717, 1.165) is 57.3 Å². The number of hydrogen-bond donors (Lipinski definition) is 1. The van der Waals surface area contributed by atoms with E-state index in [1.165, 1.54) is 5.69 Å². The highest BCUT2D eigenvalue weighted by Gasteiger charge is 2.19. The number of piperazine rings is 1. The molecule has 0 aliphatic carbocycles. The van der Waals surface area contributed by atoms with Crippen LogP contribution >= 0.6 is 24.8 Å². The van der Waals surface area contributed by atoms with Gasteiger partial charge in [-0.05, 0) is 12.1 Å². The summed E-state index contributed by atoms with van der Waals surface area (Å²) in [5, 5.41) is 3.36. The van der Waals surface area contributed by atoms with Gasteiger partial charge in [0.25, 0.3) is 0 Å². The van der Waals surface area contributed by atoms with Gasteiger partial charge in [0, 0.05) is 32.6 Å². The fourth-order valence-electron chi connectivity index (χ4n) is 2.33. The summed E-state index contributed by atoms with van der Waals surface area (Å²) >= 11 is 0. The Morgan fingerprint density at radius 1 is 1.00 bits per heavy atom. The molecule has 1 aromatic carbocycles. The van der Waals surface area contributed by atoms with Crippen molar-refractivity contribution in [3.05, 3.63) is 18.2 Å². The average molecular weight is 307 g/mol. The zero-order chi connectivity index (χ0) is 11.5. The molecule has 1 fully saturated rings. The number of benzene rings is 1. The van der Waals surface area contributed by atoms with Gasteiger partial charge < -0.3 is 19.7 Å². The third kappa shape index (κ3) is 3.59. The maximum atomic E-state index is 5.85. The number of nitrogens with zero attached hydrogens (tertiary/aromatic N) is 1. The van der Waals surface area contributed by atoms with E-state index in [1.54, 1.807) is 0 Å². The highest BCUT2D eigenvalue weighted by molar-refractivity contribution is 5.85. The van der Waals surface area contributed by atoms with Crippen molar-refractivity contribution < 1.29 is 9.47 Å². The second-order valence-electron chi connectivity index (χ2n) is 4.39. The molecule has 108 valence electrons. The number of anilines is 1. The van der Waals surface area contributed by atoms with E-state index in [2.05, 4.69) is 16.3 Å². The zero-order valence-corrected chi connectivity index (χ0v) is 12.4. The van der Waals surface area contributed by atoms with Crippen molar-refractivity contribution in [2.24, 2.45) is 0 Å². The fourth-order valence-corrected chi connectivity index (χ4v) is 2.33. The van der Waals surface area contributed by atoms with Gasteiger partial charge in [-0.3, -0.25) is 0 Å². The second-order valence-corrected chi connectivity index (χ2v) is 4.39. The molecule has 2 aliphatic heterocycles. The number of nitrogens with one attached hydrogen (secondary N) is 1. The van der Waals surface area contributed by atoms with Gasteiger partial charge in [-0.15, -0.1) is 24.8 Å². The Balaban J connectivity index is 0.000000902. The normalized spacial score (nSPS) is 17.8. The van der Waals surface area contributed by atoms with Crippen LogP contribution in [0.2, 0.25) is 0 Å². The number of para-hydroxylation sites is 1. The first-order valence-electron chi connectivity index (χ1n) is 6.29. The predicted octanol–water partition coefficient (Wildman–Crippen LogP) is 2.10. The molecule has 0 radical (unpaired) electrons. The van der Waals surface area contributed by atoms with Crippen LogP contribution in [-0.2, 0) is 0 Å². The number of fused-ring (bicyclic) bond motifs is 1. The van der Waals surface area contributed by atoms with Gasteiger partial charge >= 0.3 is 0 Å². The summed E-state index contributed by atoms with van der Waals surface area (Å²) in [4.78, 5) is 2.37. The van der Waals surface area contributed by atoms with Crippen molar-refractivity contribution in [1.82, 2.24) is 5.32 Å². The van der Waals surface area contributed by atoms with Crippen LogP contribution < -0.4 is 19.7 Å². The van der Waals surface area contributed by atoms with Gasteiger partial charge in [0.1, 0.15) is 0 Å². The molecule has 6 heteroatoms. The Morgan fingerprint density at radius 2 is 1.74 bits per heavy atom. The van der Waals surface area contributed by atoms with Crippen molar-refractivity contribution in [2.45, 2.75) is 6.42 Å². The third-order valence-corrected chi connectivity index (χ3v) is 3.21. The van der Waals surface area contributed by atoms with Crippen LogP contribution in [0.5, 0.6) is 11.5 Å². The van der Waals surface area contributed by atoms with Crippen molar-refractivity contribution in [3.63, 3.8) is 0 Å². The fraction of sp³-hybridized carbons (Fsp3) is 0.538. The van der Waals surface area contributed by atoms with E-state index >= 15 is 0 Å². The van der Waals surface area contributed by atoms with Crippen LogP contribution in [0.4, 0.5) is 5.69 Å². The molecule has 0 unspecified atom stereocenters. The van der Waals surface area contributed by atoms with Crippen LogP contribution in [0.25, 0.3) is 0 Å². The van der Waals surface area contributed by atoms with Crippen molar-refractivity contribution in [3.8, 4) is 11.5 Å². The number of rotatable bonds is 1. The molecule has 4 nitrogen and oxygen atoms in total. The summed E-state index contributed by atoms with van der Waals surface area (Å²) in [5.74, 6) is 1.81. The molecule has 0 amide bonds. The number of ether oxygens (including phenoxy) is 2. The largest absolute Gasteiger partial charge is 0.489 e. The summed E-state index contributed by atoms with van der Waals surface area (Å²) in [7, 11) is 0.